The van der Waals surface area contributed by atoms with E-state index in [-0.39, 0.29) is 15.9 Å². The Morgan fingerprint density at radius 2 is 1.78 bits per heavy atom. The second-order valence-electron chi connectivity index (χ2n) is 3.07. The van der Waals surface area contributed by atoms with Gasteiger partial charge in [0.25, 0.3) is 10.9 Å². The first-order valence-electron chi connectivity index (χ1n) is 4.59. The monoisotopic (exact) mass is 267 g/mol. The maximum atomic E-state index is 10.4. The zero-order valence-corrected chi connectivity index (χ0v) is 9.49. The quantitative estimate of drug-likeness (QED) is 0.622. The van der Waals surface area contributed by atoms with E-state index in [1.165, 1.54) is 24.3 Å². The van der Waals surface area contributed by atoms with Gasteiger partial charge in [-0.1, -0.05) is 0 Å². The lowest BCUT2D eigenvalue weighted by molar-refractivity contribution is -0.384. The van der Waals surface area contributed by atoms with Gasteiger partial charge in [-0.2, -0.15) is 0 Å². The van der Waals surface area contributed by atoms with Crippen molar-refractivity contribution in [3.8, 4) is 10.9 Å². The molecule has 2 rings (SSSR count). The van der Waals surface area contributed by atoms with Gasteiger partial charge in [-0.05, 0) is 23.5 Å². The van der Waals surface area contributed by atoms with Crippen LogP contribution in [0.4, 0.5) is 10.7 Å². The summed E-state index contributed by atoms with van der Waals surface area (Å²) in [6, 6.07) is 5.34. The standard InChI is InChI=1S/C9H5N3O5S/c13-11(14)6-1-3-7(4-2-6)17-9-10-5-8(18-9)12(15)16/h1-5H. The first-order valence-corrected chi connectivity index (χ1v) is 5.40. The fraction of sp³-hybridized carbons (Fsp3) is 0. The Hall–Kier alpha value is -2.55. The molecule has 1 aromatic carbocycles. The predicted octanol–water partition coefficient (Wildman–Crippen LogP) is 2.75. The van der Waals surface area contributed by atoms with Crippen molar-refractivity contribution in [2.45, 2.75) is 0 Å². The van der Waals surface area contributed by atoms with E-state index in [4.69, 9.17) is 4.74 Å². The zero-order valence-electron chi connectivity index (χ0n) is 8.68. The summed E-state index contributed by atoms with van der Waals surface area (Å²) in [5, 5.41) is 20.8. The smallest absolute Gasteiger partial charge is 0.347 e. The lowest BCUT2D eigenvalue weighted by Gasteiger charge is -1.99. The number of thiazole rings is 1. The van der Waals surface area contributed by atoms with Crippen LogP contribution in [0.3, 0.4) is 0 Å². The van der Waals surface area contributed by atoms with Crippen molar-refractivity contribution < 1.29 is 14.6 Å². The first-order chi connectivity index (χ1) is 8.56. The molecule has 0 aliphatic carbocycles. The molecule has 0 N–H and O–H groups in total. The molecule has 0 saturated carbocycles. The molecule has 0 radical (unpaired) electrons. The van der Waals surface area contributed by atoms with Crippen molar-refractivity contribution in [2.75, 3.05) is 0 Å². The van der Waals surface area contributed by atoms with Crippen LogP contribution in [-0.2, 0) is 0 Å². The maximum Gasteiger partial charge on any atom is 0.347 e. The summed E-state index contributed by atoms with van der Waals surface area (Å²) in [6.45, 7) is 0. The average molecular weight is 267 g/mol. The summed E-state index contributed by atoms with van der Waals surface area (Å²) in [4.78, 5) is 23.5. The Labute approximate surface area is 104 Å². The molecule has 0 amide bonds. The number of hydrogen-bond donors (Lipinski definition) is 0. The minimum Gasteiger partial charge on any atom is -0.431 e. The third kappa shape index (κ3) is 2.58. The van der Waals surface area contributed by atoms with Crippen LogP contribution >= 0.6 is 11.3 Å². The molecular formula is C9H5N3O5S. The number of benzene rings is 1. The van der Waals surface area contributed by atoms with E-state index >= 15 is 0 Å². The molecule has 0 aliphatic rings. The van der Waals surface area contributed by atoms with Gasteiger partial charge in [-0.25, -0.2) is 4.98 Å². The van der Waals surface area contributed by atoms with Gasteiger partial charge in [0.2, 0.25) is 0 Å². The largest absolute Gasteiger partial charge is 0.431 e. The van der Waals surface area contributed by atoms with Gasteiger partial charge in [0, 0.05) is 12.1 Å². The van der Waals surface area contributed by atoms with Crippen LogP contribution in [0.25, 0.3) is 0 Å². The molecule has 0 fully saturated rings. The van der Waals surface area contributed by atoms with Crippen LogP contribution in [0.2, 0.25) is 0 Å². The third-order valence-corrected chi connectivity index (χ3v) is 2.73. The first kappa shape index (κ1) is 11.9. The van der Waals surface area contributed by atoms with E-state index in [2.05, 4.69) is 4.98 Å². The molecular weight excluding hydrogens is 262 g/mol. The highest BCUT2D eigenvalue weighted by molar-refractivity contribution is 7.16. The molecule has 0 bridgehead atoms. The summed E-state index contributed by atoms with van der Waals surface area (Å²) in [7, 11) is 0. The van der Waals surface area contributed by atoms with Crippen LogP contribution in [-0.4, -0.2) is 14.8 Å². The van der Waals surface area contributed by atoms with E-state index in [9.17, 15) is 20.2 Å². The second-order valence-corrected chi connectivity index (χ2v) is 4.05. The average Bonchev–Trinajstić information content (AvgIpc) is 2.78. The van der Waals surface area contributed by atoms with E-state index < -0.39 is 9.85 Å². The molecule has 2 aromatic rings. The highest BCUT2D eigenvalue weighted by Crippen LogP contribution is 2.31. The fourth-order valence-corrected chi connectivity index (χ4v) is 1.72. The number of hydrogen-bond acceptors (Lipinski definition) is 7. The molecule has 0 atom stereocenters. The van der Waals surface area contributed by atoms with Crippen LogP contribution in [0.1, 0.15) is 0 Å². The summed E-state index contributed by atoms with van der Waals surface area (Å²) in [5.74, 6) is 0.324. The van der Waals surface area contributed by atoms with Crippen molar-refractivity contribution in [2.24, 2.45) is 0 Å². The van der Waals surface area contributed by atoms with Gasteiger partial charge >= 0.3 is 5.00 Å². The molecule has 18 heavy (non-hydrogen) atoms. The van der Waals surface area contributed by atoms with Gasteiger partial charge in [0.1, 0.15) is 11.9 Å². The number of aromatic nitrogens is 1. The molecule has 92 valence electrons. The Balaban J connectivity index is 2.13. The maximum absolute atomic E-state index is 10.4. The van der Waals surface area contributed by atoms with E-state index in [1.54, 1.807) is 0 Å². The number of nitrogens with zero attached hydrogens (tertiary/aromatic N) is 3. The Bertz CT molecular complexity index is 595. The van der Waals surface area contributed by atoms with Crippen molar-refractivity contribution in [3.05, 3.63) is 50.7 Å². The van der Waals surface area contributed by atoms with Gasteiger partial charge in [-0.3, -0.25) is 20.2 Å². The Kier molecular flexibility index (Phi) is 3.15. The van der Waals surface area contributed by atoms with Crippen LogP contribution in [0.15, 0.2) is 30.5 Å². The number of nitro groups is 2. The van der Waals surface area contributed by atoms with Gasteiger partial charge < -0.3 is 4.74 Å². The molecule has 9 heteroatoms. The topological polar surface area (TPSA) is 108 Å². The molecule has 0 aliphatic heterocycles. The van der Waals surface area contributed by atoms with Crippen molar-refractivity contribution in [1.29, 1.82) is 0 Å². The normalized spacial score (nSPS) is 10.0. The summed E-state index contributed by atoms with van der Waals surface area (Å²) in [6.07, 6.45) is 1.09. The van der Waals surface area contributed by atoms with Gasteiger partial charge in [-0.15, -0.1) is 0 Å². The highest BCUT2D eigenvalue weighted by atomic mass is 32.1. The zero-order chi connectivity index (χ0) is 13.1. The number of ether oxygens (including phenoxy) is 1. The lowest BCUT2D eigenvalue weighted by Crippen LogP contribution is -1.87. The number of rotatable bonds is 4. The van der Waals surface area contributed by atoms with Crippen LogP contribution in [0, 0.1) is 20.2 Å². The van der Waals surface area contributed by atoms with Crippen LogP contribution in [0.5, 0.6) is 10.9 Å². The molecule has 1 heterocycles. The third-order valence-electron chi connectivity index (χ3n) is 1.90. The van der Waals surface area contributed by atoms with E-state index in [1.807, 2.05) is 0 Å². The molecule has 1 aromatic heterocycles. The predicted molar refractivity (Wildman–Crippen MR) is 61.9 cm³/mol. The Morgan fingerprint density at radius 3 is 2.28 bits per heavy atom. The van der Waals surface area contributed by atoms with E-state index in [0.29, 0.717) is 5.75 Å². The molecule has 0 unspecified atom stereocenters. The summed E-state index contributed by atoms with van der Waals surface area (Å²) >= 11 is 0.780. The minimum atomic E-state index is -0.569. The Morgan fingerprint density at radius 1 is 1.11 bits per heavy atom. The summed E-state index contributed by atoms with van der Waals surface area (Å²) < 4.78 is 5.22. The van der Waals surface area contributed by atoms with Crippen molar-refractivity contribution >= 4 is 22.0 Å². The van der Waals surface area contributed by atoms with Gasteiger partial charge in [0.15, 0.2) is 0 Å². The number of non-ortho nitro benzene ring substituents is 1. The second kappa shape index (κ2) is 4.75. The fourth-order valence-electron chi connectivity index (χ4n) is 1.12. The molecule has 0 spiro atoms. The lowest BCUT2D eigenvalue weighted by atomic mass is 10.3. The van der Waals surface area contributed by atoms with Gasteiger partial charge in [0.05, 0.1) is 9.85 Å². The number of nitro benzene ring substituents is 1. The van der Waals surface area contributed by atoms with Crippen LogP contribution < -0.4 is 4.74 Å². The van der Waals surface area contributed by atoms with Crippen molar-refractivity contribution in [3.63, 3.8) is 0 Å². The highest BCUT2D eigenvalue weighted by Gasteiger charge is 2.13. The minimum absolute atomic E-state index is 0.0625. The molecule has 0 saturated heterocycles. The van der Waals surface area contributed by atoms with Crippen molar-refractivity contribution in [1.82, 2.24) is 4.98 Å². The SMILES string of the molecule is O=[N+]([O-])c1ccc(Oc2ncc([N+](=O)[O-])s2)cc1. The molecule has 8 nitrogen and oxygen atoms in total. The van der Waals surface area contributed by atoms with E-state index in [0.717, 1.165) is 17.5 Å². The summed E-state index contributed by atoms with van der Waals surface area (Å²) in [5.41, 5.74) is -0.0625.